The van der Waals surface area contributed by atoms with Crippen molar-refractivity contribution in [3.05, 3.63) is 35.7 Å². The van der Waals surface area contributed by atoms with Gasteiger partial charge in [-0.2, -0.15) is 0 Å². The van der Waals surface area contributed by atoms with Gasteiger partial charge in [0.15, 0.2) is 0 Å². The van der Waals surface area contributed by atoms with Crippen molar-refractivity contribution in [2.24, 2.45) is 0 Å². The Kier molecular flexibility index (Phi) is 3.30. The predicted molar refractivity (Wildman–Crippen MR) is 79.8 cm³/mol. The van der Waals surface area contributed by atoms with Crippen molar-refractivity contribution in [3.8, 4) is 17.0 Å². The summed E-state index contributed by atoms with van der Waals surface area (Å²) in [5, 5.41) is 0. The molecule has 4 heteroatoms. The van der Waals surface area contributed by atoms with Crippen LogP contribution in [0.25, 0.3) is 11.3 Å². The van der Waals surface area contributed by atoms with E-state index in [0.717, 1.165) is 41.2 Å². The van der Waals surface area contributed by atoms with Gasteiger partial charge in [0, 0.05) is 17.0 Å². The Bertz CT molecular complexity index is 636. The van der Waals surface area contributed by atoms with E-state index in [1.54, 1.807) is 0 Å². The fourth-order valence-electron chi connectivity index (χ4n) is 2.28. The summed E-state index contributed by atoms with van der Waals surface area (Å²) >= 11 is 0. The number of nitrogens with zero attached hydrogens (tertiary/aromatic N) is 2. The molecule has 1 aliphatic rings. The maximum Gasteiger partial charge on any atom is 0.134 e. The molecular formula is C16H19N3O. The van der Waals surface area contributed by atoms with Crippen molar-refractivity contribution < 1.29 is 4.74 Å². The van der Waals surface area contributed by atoms with Gasteiger partial charge in [-0.05, 0) is 38.8 Å². The van der Waals surface area contributed by atoms with E-state index in [-0.39, 0.29) is 0 Å². The Morgan fingerprint density at radius 2 is 2.00 bits per heavy atom. The molecule has 0 unspecified atom stereocenters. The fourth-order valence-corrected chi connectivity index (χ4v) is 2.28. The van der Waals surface area contributed by atoms with Crippen LogP contribution in [-0.4, -0.2) is 16.6 Å². The molecule has 1 fully saturated rings. The zero-order valence-electron chi connectivity index (χ0n) is 11.9. The fraction of sp³-hybridized carbons (Fsp3) is 0.375. The first-order valence-corrected chi connectivity index (χ1v) is 7.07. The Morgan fingerprint density at radius 3 is 2.70 bits per heavy atom. The van der Waals surface area contributed by atoms with Gasteiger partial charge < -0.3 is 10.5 Å². The molecule has 0 amide bonds. The maximum atomic E-state index is 6.06. The van der Waals surface area contributed by atoms with E-state index in [1.807, 2.05) is 38.1 Å². The van der Waals surface area contributed by atoms with Crippen LogP contribution in [0.2, 0.25) is 0 Å². The Morgan fingerprint density at radius 1 is 1.25 bits per heavy atom. The monoisotopic (exact) mass is 269 g/mol. The van der Waals surface area contributed by atoms with Crippen LogP contribution < -0.4 is 10.5 Å². The summed E-state index contributed by atoms with van der Waals surface area (Å²) in [6.07, 6.45) is 2.32. The molecule has 20 heavy (non-hydrogen) atoms. The van der Waals surface area contributed by atoms with E-state index >= 15 is 0 Å². The SMILES string of the molecule is CCOc1ccccc1-c1nc(C2CC2)nc(N)c1C. The van der Waals surface area contributed by atoms with Gasteiger partial charge in [0.2, 0.25) is 0 Å². The lowest BCUT2D eigenvalue weighted by molar-refractivity contribution is 0.341. The second-order valence-electron chi connectivity index (χ2n) is 5.14. The van der Waals surface area contributed by atoms with Crippen molar-refractivity contribution in [2.75, 3.05) is 12.3 Å². The van der Waals surface area contributed by atoms with Crippen molar-refractivity contribution in [3.63, 3.8) is 0 Å². The number of hydrogen-bond donors (Lipinski definition) is 1. The Hall–Kier alpha value is -2.10. The van der Waals surface area contributed by atoms with E-state index in [0.29, 0.717) is 18.3 Å². The zero-order valence-corrected chi connectivity index (χ0v) is 11.9. The van der Waals surface area contributed by atoms with Crippen molar-refractivity contribution >= 4 is 5.82 Å². The van der Waals surface area contributed by atoms with Crippen LogP contribution in [0.4, 0.5) is 5.82 Å². The van der Waals surface area contributed by atoms with E-state index in [9.17, 15) is 0 Å². The van der Waals surface area contributed by atoms with Gasteiger partial charge in [0.1, 0.15) is 17.4 Å². The molecule has 1 aromatic carbocycles. The molecule has 2 N–H and O–H groups in total. The first kappa shape index (κ1) is 12.9. The second-order valence-corrected chi connectivity index (χ2v) is 5.14. The minimum atomic E-state index is 0.482. The van der Waals surface area contributed by atoms with Crippen LogP contribution in [0.1, 0.15) is 37.1 Å². The smallest absolute Gasteiger partial charge is 0.134 e. The number of aromatic nitrogens is 2. The minimum absolute atomic E-state index is 0.482. The number of hydrogen-bond acceptors (Lipinski definition) is 4. The van der Waals surface area contributed by atoms with Gasteiger partial charge in [-0.15, -0.1) is 0 Å². The molecule has 0 aliphatic heterocycles. The van der Waals surface area contributed by atoms with E-state index < -0.39 is 0 Å². The van der Waals surface area contributed by atoms with Crippen molar-refractivity contribution in [2.45, 2.75) is 32.6 Å². The average molecular weight is 269 g/mol. The van der Waals surface area contributed by atoms with Gasteiger partial charge in [-0.1, -0.05) is 12.1 Å². The lowest BCUT2D eigenvalue weighted by Crippen LogP contribution is -2.05. The molecule has 0 saturated heterocycles. The quantitative estimate of drug-likeness (QED) is 0.925. The minimum Gasteiger partial charge on any atom is -0.493 e. The van der Waals surface area contributed by atoms with Crippen LogP contribution in [0.5, 0.6) is 5.75 Å². The molecule has 1 saturated carbocycles. The summed E-state index contributed by atoms with van der Waals surface area (Å²) in [6.45, 7) is 4.57. The molecule has 4 nitrogen and oxygen atoms in total. The number of anilines is 1. The van der Waals surface area contributed by atoms with Gasteiger partial charge in [0.25, 0.3) is 0 Å². The maximum absolute atomic E-state index is 6.06. The highest BCUT2D eigenvalue weighted by Gasteiger charge is 2.28. The molecule has 0 atom stereocenters. The van der Waals surface area contributed by atoms with Crippen LogP contribution in [0.15, 0.2) is 24.3 Å². The molecule has 3 rings (SSSR count). The summed E-state index contributed by atoms with van der Waals surface area (Å²) in [5.41, 5.74) is 8.86. The summed E-state index contributed by atoms with van der Waals surface area (Å²) < 4.78 is 5.70. The molecular weight excluding hydrogens is 250 g/mol. The standard InChI is InChI=1S/C16H19N3O/c1-3-20-13-7-5-4-6-12(13)14-10(2)15(17)19-16(18-14)11-8-9-11/h4-7,11H,3,8-9H2,1-2H3,(H2,17,18,19). The topological polar surface area (TPSA) is 61.0 Å². The number of para-hydroxylation sites is 1. The second kappa shape index (κ2) is 5.12. The first-order valence-electron chi connectivity index (χ1n) is 7.07. The number of nitrogens with two attached hydrogens (primary N) is 1. The molecule has 1 aliphatic carbocycles. The normalized spacial score (nSPS) is 14.3. The molecule has 104 valence electrons. The van der Waals surface area contributed by atoms with Crippen LogP contribution in [-0.2, 0) is 0 Å². The van der Waals surface area contributed by atoms with Crippen molar-refractivity contribution in [1.29, 1.82) is 0 Å². The molecule has 0 spiro atoms. The van der Waals surface area contributed by atoms with Gasteiger partial charge >= 0.3 is 0 Å². The van der Waals surface area contributed by atoms with Crippen molar-refractivity contribution in [1.82, 2.24) is 9.97 Å². The highest BCUT2D eigenvalue weighted by molar-refractivity contribution is 5.72. The highest BCUT2D eigenvalue weighted by Crippen LogP contribution is 2.40. The lowest BCUT2D eigenvalue weighted by Gasteiger charge is -2.13. The predicted octanol–water partition coefficient (Wildman–Crippen LogP) is 3.31. The third-order valence-electron chi connectivity index (χ3n) is 3.59. The lowest BCUT2D eigenvalue weighted by atomic mass is 10.1. The summed E-state index contributed by atoms with van der Waals surface area (Å²) in [6, 6.07) is 7.95. The van der Waals surface area contributed by atoms with Crippen LogP contribution in [0, 0.1) is 6.92 Å². The number of nitrogen functional groups attached to an aromatic ring is 1. The van der Waals surface area contributed by atoms with E-state index in [2.05, 4.69) is 4.98 Å². The van der Waals surface area contributed by atoms with Gasteiger partial charge in [-0.3, -0.25) is 0 Å². The molecule has 1 aromatic heterocycles. The number of rotatable bonds is 4. The van der Waals surface area contributed by atoms with E-state index in [4.69, 9.17) is 15.5 Å². The summed E-state index contributed by atoms with van der Waals surface area (Å²) in [4.78, 5) is 9.16. The highest BCUT2D eigenvalue weighted by atomic mass is 16.5. The molecule has 2 aromatic rings. The number of ether oxygens (including phenoxy) is 1. The Labute approximate surface area is 119 Å². The largest absolute Gasteiger partial charge is 0.493 e. The van der Waals surface area contributed by atoms with Gasteiger partial charge in [0.05, 0.1) is 12.3 Å². The first-order chi connectivity index (χ1) is 9.70. The Balaban J connectivity index is 2.13. The molecule has 1 heterocycles. The van der Waals surface area contributed by atoms with E-state index in [1.165, 1.54) is 0 Å². The average Bonchev–Trinajstić information content (AvgIpc) is 3.27. The molecule has 0 radical (unpaired) electrons. The van der Waals surface area contributed by atoms with Gasteiger partial charge in [-0.25, -0.2) is 9.97 Å². The van der Waals surface area contributed by atoms with Crippen LogP contribution in [0.3, 0.4) is 0 Å². The third-order valence-corrected chi connectivity index (χ3v) is 3.59. The van der Waals surface area contributed by atoms with Crippen LogP contribution >= 0.6 is 0 Å². The summed E-state index contributed by atoms with van der Waals surface area (Å²) in [7, 11) is 0. The molecule has 0 bridgehead atoms. The zero-order chi connectivity index (χ0) is 14.1. The third kappa shape index (κ3) is 2.33. The summed E-state index contributed by atoms with van der Waals surface area (Å²) in [5.74, 6) is 2.77. The number of benzene rings is 1.